The van der Waals surface area contributed by atoms with Crippen LogP contribution in [0.4, 0.5) is 0 Å². The van der Waals surface area contributed by atoms with Gasteiger partial charge in [0, 0.05) is 13.8 Å². The number of hydrogen-bond donors (Lipinski definition) is 0. The van der Waals surface area contributed by atoms with Gasteiger partial charge in [-0.2, -0.15) is 0 Å². The summed E-state index contributed by atoms with van der Waals surface area (Å²) < 4.78 is 10.1. The molecule has 2 rings (SSSR count). The van der Waals surface area contributed by atoms with Gasteiger partial charge >= 0.3 is 11.9 Å². The number of hydrogen-bond acceptors (Lipinski definition) is 4. The Morgan fingerprint density at radius 1 is 1.00 bits per heavy atom. The molecule has 0 atom stereocenters. The fourth-order valence-electron chi connectivity index (χ4n) is 1.92. The zero-order chi connectivity index (χ0) is 14.9. The Kier molecular flexibility index (Phi) is 3.66. The Balaban J connectivity index is 2.26. The molecule has 1 aromatic carbocycles. The summed E-state index contributed by atoms with van der Waals surface area (Å²) in [4.78, 5) is 23.6. The highest BCUT2D eigenvalue weighted by atomic mass is 16.7. The molecular weight excluding hydrogens is 256 g/mol. The molecule has 1 fully saturated rings. The van der Waals surface area contributed by atoms with Gasteiger partial charge in [-0.25, -0.2) is 9.59 Å². The minimum atomic E-state index is -1.20. The Bertz CT molecular complexity index is 543. The van der Waals surface area contributed by atoms with Crippen molar-refractivity contribution in [3.8, 4) is 0 Å². The number of rotatable bonds is 2. The average molecular weight is 274 g/mol. The van der Waals surface area contributed by atoms with Gasteiger partial charge in [0.05, 0.1) is 0 Å². The molecule has 0 saturated carbocycles. The fraction of sp³-hybridized carbons (Fsp3) is 0.375. The van der Waals surface area contributed by atoms with Crippen molar-refractivity contribution in [1.82, 2.24) is 0 Å². The summed E-state index contributed by atoms with van der Waals surface area (Å²) in [6, 6.07) is 7.67. The monoisotopic (exact) mass is 274 g/mol. The van der Waals surface area contributed by atoms with Crippen molar-refractivity contribution in [2.75, 3.05) is 0 Å². The average Bonchev–Trinajstić information content (AvgIpc) is 2.33. The van der Waals surface area contributed by atoms with Crippen LogP contribution in [0.3, 0.4) is 0 Å². The van der Waals surface area contributed by atoms with Crippen LogP contribution in [0.1, 0.15) is 44.7 Å². The minimum absolute atomic E-state index is 0.0818. The molecule has 4 heteroatoms. The van der Waals surface area contributed by atoms with Crippen LogP contribution in [0.25, 0.3) is 6.08 Å². The van der Waals surface area contributed by atoms with E-state index in [1.807, 2.05) is 24.3 Å². The first-order valence-electron chi connectivity index (χ1n) is 6.57. The molecule has 20 heavy (non-hydrogen) atoms. The third-order valence-electron chi connectivity index (χ3n) is 3.03. The summed E-state index contributed by atoms with van der Waals surface area (Å²) in [6.07, 6.45) is 1.49. The third-order valence-corrected chi connectivity index (χ3v) is 3.03. The molecule has 1 aliphatic heterocycles. The summed E-state index contributed by atoms with van der Waals surface area (Å²) in [7, 11) is 0. The van der Waals surface area contributed by atoms with Crippen LogP contribution < -0.4 is 0 Å². The molecule has 0 spiro atoms. The molecular formula is C16H18O4. The van der Waals surface area contributed by atoms with Gasteiger partial charge in [0.2, 0.25) is 0 Å². The van der Waals surface area contributed by atoms with Crippen molar-refractivity contribution in [2.45, 2.75) is 39.4 Å². The summed E-state index contributed by atoms with van der Waals surface area (Å²) >= 11 is 0. The lowest BCUT2D eigenvalue weighted by Gasteiger charge is -2.29. The predicted octanol–water partition coefficient (Wildman–Crippen LogP) is 3.03. The van der Waals surface area contributed by atoms with E-state index >= 15 is 0 Å². The van der Waals surface area contributed by atoms with Crippen LogP contribution in [0.15, 0.2) is 29.8 Å². The molecule has 1 heterocycles. The van der Waals surface area contributed by atoms with E-state index in [0.717, 1.165) is 5.56 Å². The molecule has 106 valence electrons. The maximum atomic E-state index is 11.8. The molecule has 0 unspecified atom stereocenters. The molecule has 0 radical (unpaired) electrons. The number of cyclic esters (lactones) is 2. The largest absolute Gasteiger partial charge is 0.419 e. The number of ether oxygens (including phenoxy) is 2. The highest BCUT2D eigenvalue weighted by Crippen LogP contribution is 2.24. The van der Waals surface area contributed by atoms with Gasteiger partial charge < -0.3 is 9.47 Å². The second-order valence-electron chi connectivity index (χ2n) is 5.56. The summed E-state index contributed by atoms with van der Waals surface area (Å²) in [5.74, 6) is -2.08. The van der Waals surface area contributed by atoms with E-state index < -0.39 is 17.7 Å². The molecule has 4 nitrogen and oxygen atoms in total. The molecule has 0 amide bonds. The van der Waals surface area contributed by atoms with E-state index in [0.29, 0.717) is 5.92 Å². The van der Waals surface area contributed by atoms with Crippen molar-refractivity contribution in [2.24, 2.45) is 0 Å². The number of esters is 2. The minimum Gasteiger partial charge on any atom is -0.419 e. The van der Waals surface area contributed by atoms with E-state index in [1.54, 1.807) is 0 Å². The normalized spacial score (nSPS) is 17.8. The zero-order valence-electron chi connectivity index (χ0n) is 12.1. The molecule has 1 saturated heterocycles. The van der Waals surface area contributed by atoms with Crippen molar-refractivity contribution in [3.63, 3.8) is 0 Å². The molecule has 0 bridgehead atoms. The van der Waals surface area contributed by atoms with Crippen molar-refractivity contribution >= 4 is 18.0 Å². The molecule has 1 aromatic rings. The molecule has 0 aromatic heterocycles. The van der Waals surface area contributed by atoms with Crippen LogP contribution in [0.5, 0.6) is 0 Å². The highest BCUT2D eigenvalue weighted by Gasteiger charge is 2.38. The maximum absolute atomic E-state index is 11.8. The van der Waals surface area contributed by atoms with Crippen LogP contribution in [-0.4, -0.2) is 17.7 Å². The first-order valence-corrected chi connectivity index (χ1v) is 6.57. The number of benzene rings is 1. The molecule has 0 aliphatic carbocycles. The van der Waals surface area contributed by atoms with Crippen LogP contribution in [0, 0.1) is 0 Å². The van der Waals surface area contributed by atoms with Crippen LogP contribution in [-0.2, 0) is 19.1 Å². The lowest BCUT2D eigenvalue weighted by atomic mass is 10.0. The summed E-state index contributed by atoms with van der Waals surface area (Å²) in [6.45, 7) is 7.25. The van der Waals surface area contributed by atoms with Gasteiger partial charge in [-0.05, 0) is 23.1 Å². The quantitative estimate of drug-likeness (QED) is 0.472. The smallest absolute Gasteiger partial charge is 0.348 e. The SMILES string of the molecule is CC(C)c1ccc(C=C2C(=O)OC(C)(C)OC2=O)cc1. The van der Waals surface area contributed by atoms with Gasteiger partial charge in [-0.1, -0.05) is 38.1 Å². The lowest BCUT2D eigenvalue weighted by Crippen LogP contribution is -2.41. The number of carbonyl (C=O) groups is 2. The summed E-state index contributed by atoms with van der Waals surface area (Å²) in [5, 5.41) is 0. The van der Waals surface area contributed by atoms with Crippen LogP contribution >= 0.6 is 0 Å². The first-order chi connectivity index (χ1) is 9.28. The second kappa shape index (κ2) is 5.12. The third kappa shape index (κ3) is 3.07. The molecule has 0 N–H and O–H groups in total. The highest BCUT2D eigenvalue weighted by molar-refractivity contribution is 6.18. The van der Waals surface area contributed by atoms with E-state index in [2.05, 4.69) is 13.8 Å². The van der Waals surface area contributed by atoms with E-state index in [4.69, 9.17) is 9.47 Å². The van der Waals surface area contributed by atoms with Gasteiger partial charge in [-0.3, -0.25) is 0 Å². The van der Waals surface area contributed by atoms with Gasteiger partial charge in [0.25, 0.3) is 5.79 Å². The van der Waals surface area contributed by atoms with Crippen molar-refractivity contribution in [3.05, 3.63) is 41.0 Å². The lowest BCUT2D eigenvalue weighted by molar-refractivity contribution is -0.222. The Morgan fingerprint density at radius 3 is 1.95 bits per heavy atom. The van der Waals surface area contributed by atoms with Crippen LogP contribution in [0.2, 0.25) is 0 Å². The van der Waals surface area contributed by atoms with E-state index in [-0.39, 0.29) is 5.57 Å². The number of carbonyl (C=O) groups excluding carboxylic acids is 2. The molecule has 1 aliphatic rings. The first kappa shape index (κ1) is 14.3. The fourth-order valence-corrected chi connectivity index (χ4v) is 1.92. The van der Waals surface area contributed by atoms with E-state index in [1.165, 1.54) is 25.5 Å². The van der Waals surface area contributed by atoms with Crippen molar-refractivity contribution < 1.29 is 19.1 Å². The predicted molar refractivity (Wildman–Crippen MR) is 74.8 cm³/mol. The Morgan fingerprint density at radius 2 is 1.50 bits per heavy atom. The van der Waals surface area contributed by atoms with Gasteiger partial charge in [-0.15, -0.1) is 0 Å². The second-order valence-corrected chi connectivity index (χ2v) is 5.56. The van der Waals surface area contributed by atoms with Gasteiger partial charge in [0.15, 0.2) is 0 Å². The topological polar surface area (TPSA) is 52.6 Å². The summed E-state index contributed by atoms with van der Waals surface area (Å²) in [5.41, 5.74) is 1.88. The van der Waals surface area contributed by atoms with Crippen molar-refractivity contribution in [1.29, 1.82) is 0 Å². The Labute approximate surface area is 118 Å². The standard InChI is InChI=1S/C16H18O4/c1-10(2)12-7-5-11(6-8-12)9-13-14(17)19-16(3,4)20-15(13)18/h5-10H,1-4H3. The Hall–Kier alpha value is -2.10. The maximum Gasteiger partial charge on any atom is 0.348 e. The zero-order valence-corrected chi connectivity index (χ0v) is 12.1. The van der Waals surface area contributed by atoms with E-state index in [9.17, 15) is 9.59 Å². The van der Waals surface area contributed by atoms with Gasteiger partial charge in [0.1, 0.15) is 5.57 Å².